The third kappa shape index (κ3) is 4.60. The normalized spacial score (nSPS) is 18.8. The van der Waals surface area contributed by atoms with Crippen LogP contribution in [0.1, 0.15) is 17.8 Å². The molecule has 30 heavy (non-hydrogen) atoms. The molecule has 3 N–H and O–H groups in total. The number of para-hydroxylation sites is 1. The summed E-state index contributed by atoms with van der Waals surface area (Å²) < 4.78 is 5.43. The fourth-order valence-electron chi connectivity index (χ4n) is 3.27. The number of anilines is 1. The number of amides is 1. The van der Waals surface area contributed by atoms with Crippen LogP contribution < -0.4 is 20.7 Å². The zero-order valence-corrected chi connectivity index (χ0v) is 17.8. The maximum atomic E-state index is 12.2. The number of methoxy groups -OCH3 is 1. The molecule has 0 radical (unpaired) electrons. The molecule has 10 heteroatoms. The molecule has 9 nitrogen and oxygen atoms in total. The molecular weight excluding hydrogens is 402 g/mol. The lowest BCUT2D eigenvalue weighted by molar-refractivity contribution is -0.123. The van der Waals surface area contributed by atoms with Crippen LogP contribution in [0, 0.1) is 13.8 Å². The van der Waals surface area contributed by atoms with E-state index in [1.54, 1.807) is 13.3 Å². The number of hydrogen-bond acceptors (Lipinski definition) is 9. The number of thioether (sulfide) groups is 1. The van der Waals surface area contributed by atoms with Crippen LogP contribution in [0.15, 0.2) is 35.6 Å². The van der Waals surface area contributed by atoms with E-state index in [0.717, 1.165) is 22.3 Å². The molecular formula is C20H23N7O2S. The molecule has 2 aromatic heterocycles. The molecule has 1 aliphatic heterocycles. The lowest BCUT2D eigenvalue weighted by Crippen LogP contribution is -2.60. The Morgan fingerprint density at radius 1 is 1.23 bits per heavy atom. The first-order valence-corrected chi connectivity index (χ1v) is 10.6. The van der Waals surface area contributed by atoms with Crippen LogP contribution >= 0.6 is 11.8 Å². The monoisotopic (exact) mass is 425 g/mol. The van der Waals surface area contributed by atoms with E-state index in [2.05, 4.69) is 35.9 Å². The largest absolute Gasteiger partial charge is 0.494 e. The SMILES string of the molecule is COc1cccc2c(C)nc(NC3NC(=O)CC(CSc4nccc(C)n4)N3)nc12. The van der Waals surface area contributed by atoms with Crippen LogP contribution in [-0.4, -0.2) is 51.0 Å². The summed E-state index contributed by atoms with van der Waals surface area (Å²) in [4.78, 5) is 30.0. The van der Waals surface area contributed by atoms with Gasteiger partial charge < -0.3 is 15.4 Å². The Balaban J connectivity index is 1.47. The quantitative estimate of drug-likeness (QED) is 0.403. The van der Waals surface area contributed by atoms with Crippen molar-refractivity contribution in [2.45, 2.75) is 37.8 Å². The van der Waals surface area contributed by atoms with E-state index < -0.39 is 6.29 Å². The fraction of sp³-hybridized carbons (Fsp3) is 0.350. The molecule has 156 valence electrons. The van der Waals surface area contributed by atoms with Crippen molar-refractivity contribution in [3.8, 4) is 5.75 Å². The molecule has 3 aromatic rings. The van der Waals surface area contributed by atoms with E-state index in [1.807, 2.05) is 38.1 Å². The minimum Gasteiger partial charge on any atom is -0.494 e. The maximum Gasteiger partial charge on any atom is 0.226 e. The third-order valence-electron chi connectivity index (χ3n) is 4.70. The van der Waals surface area contributed by atoms with Gasteiger partial charge in [-0.05, 0) is 26.0 Å². The number of carbonyl (C=O) groups excluding carboxylic acids is 1. The Kier molecular flexibility index (Phi) is 5.96. The maximum absolute atomic E-state index is 12.2. The van der Waals surface area contributed by atoms with Crippen LogP contribution in [-0.2, 0) is 4.79 Å². The van der Waals surface area contributed by atoms with Crippen molar-refractivity contribution >= 4 is 34.5 Å². The van der Waals surface area contributed by atoms with Gasteiger partial charge in [-0.1, -0.05) is 23.9 Å². The van der Waals surface area contributed by atoms with E-state index in [0.29, 0.717) is 29.0 Å². The summed E-state index contributed by atoms with van der Waals surface area (Å²) >= 11 is 1.52. The number of rotatable bonds is 6. The van der Waals surface area contributed by atoms with Gasteiger partial charge in [0.05, 0.1) is 12.8 Å². The van der Waals surface area contributed by atoms with Crippen molar-refractivity contribution in [2.75, 3.05) is 18.2 Å². The van der Waals surface area contributed by atoms with Gasteiger partial charge in [0.25, 0.3) is 0 Å². The second-order valence-electron chi connectivity index (χ2n) is 6.99. The number of aromatic nitrogens is 4. The molecule has 1 saturated heterocycles. The van der Waals surface area contributed by atoms with Crippen molar-refractivity contribution in [3.63, 3.8) is 0 Å². The minimum atomic E-state index is -0.484. The predicted octanol–water partition coefficient (Wildman–Crippen LogP) is 2.01. The second kappa shape index (κ2) is 8.80. The Morgan fingerprint density at radius 3 is 2.90 bits per heavy atom. The molecule has 1 amide bonds. The molecule has 1 fully saturated rings. The van der Waals surface area contributed by atoms with Crippen LogP contribution in [0.2, 0.25) is 0 Å². The van der Waals surface area contributed by atoms with E-state index in [-0.39, 0.29) is 11.9 Å². The average Bonchev–Trinajstić information content (AvgIpc) is 2.72. The number of hydrogen-bond donors (Lipinski definition) is 3. The van der Waals surface area contributed by atoms with E-state index >= 15 is 0 Å². The zero-order valence-electron chi connectivity index (χ0n) is 17.0. The number of benzene rings is 1. The Bertz CT molecular complexity index is 1080. The third-order valence-corrected chi connectivity index (χ3v) is 5.72. The van der Waals surface area contributed by atoms with Crippen LogP contribution in [0.4, 0.5) is 5.95 Å². The number of carbonyl (C=O) groups is 1. The van der Waals surface area contributed by atoms with Crippen LogP contribution in [0.3, 0.4) is 0 Å². The lowest BCUT2D eigenvalue weighted by Gasteiger charge is -2.31. The molecule has 0 spiro atoms. The Hall–Kier alpha value is -2.98. The number of nitrogens with one attached hydrogen (secondary N) is 3. The zero-order chi connectivity index (χ0) is 21.1. The van der Waals surface area contributed by atoms with Gasteiger partial charge in [-0.25, -0.2) is 19.9 Å². The van der Waals surface area contributed by atoms with Gasteiger partial charge in [-0.15, -0.1) is 0 Å². The van der Waals surface area contributed by atoms with Gasteiger partial charge in [-0.3, -0.25) is 10.1 Å². The highest BCUT2D eigenvalue weighted by Gasteiger charge is 2.26. The molecule has 0 saturated carbocycles. The van der Waals surface area contributed by atoms with Crippen molar-refractivity contribution in [3.05, 3.63) is 41.9 Å². The minimum absolute atomic E-state index is 0.0403. The molecule has 2 unspecified atom stereocenters. The highest BCUT2D eigenvalue weighted by Crippen LogP contribution is 2.26. The first kappa shape index (κ1) is 20.3. The number of nitrogens with zero attached hydrogens (tertiary/aromatic N) is 4. The summed E-state index contributed by atoms with van der Waals surface area (Å²) in [6.07, 6.45) is 1.63. The first-order chi connectivity index (χ1) is 14.5. The van der Waals surface area contributed by atoms with Gasteiger partial charge in [0.1, 0.15) is 11.3 Å². The Labute approximate surface area is 178 Å². The summed E-state index contributed by atoms with van der Waals surface area (Å²) in [5.74, 6) is 1.71. The van der Waals surface area contributed by atoms with Gasteiger partial charge in [0.2, 0.25) is 11.9 Å². The van der Waals surface area contributed by atoms with Crippen molar-refractivity contribution in [1.82, 2.24) is 30.6 Å². The van der Waals surface area contributed by atoms with E-state index in [4.69, 9.17) is 4.74 Å². The van der Waals surface area contributed by atoms with Gasteiger partial charge >= 0.3 is 0 Å². The predicted molar refractivity (Wildman–Crippen MR) is 115 cm³/mol. The highest BCUT2D eigenvalue weighted by atomic mass is 32.2. The molecule has 2 atom stereocenters. The molecule has 0 aliphatic carbocycles. The number of fused-ring (bicyclic) bond motifs is 1. The Morgan fingerprint density at radius 2 is 2.10 bits per heavy atom. The first-order valence-electron chi connectivity index (χ1n) is 9.57. The van der Waals surface area contributed by atoms with E-state index in [1.165, 1.54) is 11.8 Å². The molecule has 1 aromatic carbocycles. The van der Waals surface area contributed by atoms with E-state index in [9.17, 15) is 4.79 Å². The van der Waals surface area contributed by atoms with Crippen LogP contribution in [0.25, 0.3) is 10.9 Å². The van der Waals surface area contributed by atoms with Gasteiger partial charge in [0, 0.05) is 35.5 Å². The smallest absolute Gasteiger partial charge is 0.226 e. The standard InChI is InChI=1S/C20H23N7O2S/c1-11-7-8-21-20(22-11)30-10-13-9-16(28)25-19(24-13)27-18-23-12(2)14-5-4-6-15(29-3)17(14)26-18/h4-8,13,19,24H,9-10H2,1-3H3,(H,25,28)(H,23,26,27). The lowest BCUT2D eigenvalue weighted by atomic mass is 10.2. The fourth-order valence-corrected chi connectivity index (χ4v) is 4.18. The summed E-state index contributed by atoms with van der Waals surface area (Å²) in [6, 6.07) is 7.55. The molecule has 0 bridgehead atoms. The summed E-state index contributed by atoms with van der Waals surface area (Å²) in [5.41, 5.74) is 2.47. The second-order valence-corrected chi connectivity index (χ2v) is 7.98. The highest BCUT2D eigenvalue weighted by molar-refractivity contribution is 7.99. The summed E-state index contributed by atoms with van der Waals surface area (Å²) in [7, 11) is 1.61. The van der Waals surface area contributed by atoms with Crippen LogP contribution in [0.5, 0.6) is 5.75 Å². The van der Waals surface area contributed by atoms with Gasteiger partial charge in [0.15, 0.2) is 11.4 Å². The summed E-state index contributed by atoms with van der Waals surface area (Å²) in [5, 5.41) is 11.1. The molecule has 1 aliphatic rings. The van der Waals surface area contributed by atoms with Crippen molar-refractivity contribution in [1.29, 1.82) is 0 Å². The number of ether oxygens (including phenoxy) is 1. The van der Waals surface area contributed by atoms with Crippen molar-refractivity contribution in [2.24, 2.45) is 0 Å². The molecule has 3 heterocycles. The topological polar surface area (TPSA) is 114 Å². The van der Waals surface area contributed by atoms with Gasteiger partial charge in [-0.2, -0.15) is 0 Å². The summed E-state index contributed by atoms with van der Waals surface area (Å²) in [6.45, 7) is 3.85. The van der Waals surface area contributed by atoms with Crippen molar-refractivity contribution < 1.29 is 9.53 Å². The average molecular weight is 426 g/mol. The number of aryl methyl sites for hydroxylation is 2. The molecule has 4 rings (SSSR count).